The summed E-state index contributed by atoms with van der Waals surface area (Å²) in [7, 11) is 0. The highest BCUT2D eigenvalue weighted by molar-refractivity contribution is 6.31. The Labute approximate surface area is 89.8 Å². The molecule has 14 heavy (non-hydrogen) atoms. The van der Waals surface area contributed by atoms with Crippen molar-refractivity contribution in [2.24, 2.45) is 5.73 Å². The third kappa shape index (κ3) is 3.13. The van der Waals surface area contributed by atoms with Crippen molar-refractivity contribution < 1.29 is 0 Å². The Morgan fingerprint density at radius 1 is 1.71 bits per heavy atom. The fourth-order valence-corrected chi connectivity index (χ4v) is 1.50. The average molecular weight is 211 g/mol. The number of hydrogen-bond acceptors (Lipinski definition) is 2. The normalized spacial score (nSPS) is 12.5. The minimum atomic E-state index is -0.0257. The van der Waals surface area contributed by atoms with Crippen molar-refractivity contribution in [2.75, 3.05) is 0 Å². The first-order valence-corrected chi connectivity index (χ1v) is 4.98. The molecule has 1 heterocycles. The molecule has 76 valence electrons. The van der Waals surface area contributed by atoms with Crippen molar-refractivity contribution >= 4 is 11.6 Å². The maximum atomic E-state index is 5.99. The van der Waals surface area contributed by atoms with Crippen LogP contribution in [0.4, 0.5) is 0 Å². The summed E-state index contributed by atoms with van der Waals surface area (Å²) < 4.78 is 0. The monoisotopic (exact) mass is 210 g/mol. The van der Waals surface area contributed by atoms with Crippen LogP contribution in [-0.2, 0) is 0 Å². The van der Waals surface area contributed by atoms with E-state index in [0.717, 1.165) is 24.0 Å². The zero-order chi connectivity index (χ0) is 10.6. The molecule has 0 fully saturated rings. The van der Waals surface area contributed by atoms with Crippen LogP contribution in [0.15, 0.2) is 30.6 Å². The van der Waals surface area contributed by atoms with Crippen LogP contribution in [0.2, 0.25) is 5.02 Å². The molecule has 0 aliphatic carbocycles. The predicted octanol–water partition coefficient (Wildman–Crippen LogP) is 3.09. The van der Waals surface area contributed by atoms with Crippen LogP contribution in [0.25, 0.3) is 0 Å². The van der Waals surface area contributed by atoms with E-state index >= 15 is 0 Å². The van der Waals surface area contributed by atoms with Crippen LogP contribution in [0.1, 0.15) is 31.4 Å². The average Bonchev–Trinajstić information content (AvgIpc) is 2.15. The molecule has 0 radical (unpaired) electrons. The van der Waals surface area contributed by atoms with E-state index in [1.165, 1.54) is 0 Å². The minimum Gasteiger partial charge on any atom is -0.324 e. The summed E-state index contributed by atoms with van der Waals surface area (Å²) in [6.07, 6.45) is 5.14. The molecule has 1 rings (SSSR count). The van der Waals surface area contributed by atoms with E-state index in [9.17, 15) is 0 Å². The second kappa shape index (κ2) is 5.13. The van der Waals surface area contributed by atoms with Crippen molar-refractivity contribution in [1.82, 2.24) is 4.98 Å². The minimum absolute atomic E-state index is 0.0257. The zero-order valence-corrected chi connectivity index (χ0v) is 9.09. The van der Waals surface area contributed by atoms with Gasteiger partial charge in [0, 0.05) is 18.4 Å². The quantitative estimate of drug-likeness (QED) is 0.776. The zero-order valence-electron chi connectivity index (χ0n) is 8.33. The third-order valence-corrected chi connectivity index (χ3v) is 2.40. The lowest BCUT2D eigenvalue weighted by Crippen LogP contribution is -2.10. The highest BCUT2D eigenvalue weighted by atomic mass is 35.5. The van der Waals surface area contributed by atoms with Gasteiger partial charge in [-0.05, 0) is 31.4 Å². The van der Waals surface area contributed by atoms with Crippen molar-refractivity contribution in [2.45, 2.75) is 25.8 Å². The summed E-state index contributed by atoms with van der Waals surface area (Å²) in [6.45, 7) is 5.84. The standard InChI is InChI=1S/C11H15ClN2/c1-8(2)3-4-11(13)9-5-6-14-7-10(9)12/h5-7,11H,1,3-4,13H2,2H3. The maximum Gasteiger partial charge on any atom is 0.0637 e. The van der Waals surface area contributed by atoms with Gasteiger partial charge >= 0.3 is 0 Å². The fraction of sp³-hybridized carbons (Fsp3) is 0.364. The fourth-order valence-electron chi connectivity index (χ4n) is 1.24. The molecule has 2 N–H and O–H groups in total. The smallest absolute Gasteiger partial charge is 0.0637 e. The van der Waals surface area contributed by atoms with Crippen LogP contribution < -0.4 is 5.73 Å². The molecule has 0 saturated carbocycles. The van der Waals surface area contributed by atoms with Gasteiger partial charge < -0.3 is 5.73 Å². The molecule has 2 nitrogen and oxygen atoms in total. The molecular formula is C11H15ClN2. The molecule has 0 aliphatic heterocycles. The molecule has 1 aromatic rings. The number of hydrogen-bond donors (Lipinski definition) is 1. The van der Waals surface area contributed by atoms with Crippen molar-refractivity contribution in [3.8, 4) is 0 Å². The second-order valence-electron chi connectivity index (χ2n) is 3.50. The van der Waals surface area contributed by atoms with Crippen LogP contribution in [0, 0.1) is 0 Å². The molecule has 1 atom stereocenters. The van der Waals surface area contributed by atoms with Gasteiger partial charge in [-0.25, -0.2) is 0 Å². The van der Waals surface area contributed by atoms with E-state index in [2.05, 4.69) is 11.6 Å². The van der Waals surface area contributed by atoms with E-state index in [-0.39, 0.29) is 6.04 Å². The molecule has 0 amide bonds. The topological polar surface area (TPSA) is 38.9 Å². The highest BCUT2D eigenvalue weighted by Gasteiger charge is 2.09. The van der Waals surface area contributed by atoms with Gasteiger partial charge in [-0.2, -0.15) is 0 Å². The van der Waals surface area contributed by atoms with E-state index in [1.54, 1.807) is 12.4 Å². The van der Waals surface area contributed by atoms with Crippen molar-refractivity contribution in [3.63, 3.8) is 0 Å². The lowest BCUT2D eigenvalue weighted by atomic mass is 10.0. The number of nitrogens with zero attached hydrogens (tertiary/aromatic N) is 1. The van der Waals surface area contributed by atoms with Gasteiger partial charge in [0.15, 0.2) is 0 Å². The summed E-state index contributed by atoms with van der Waals surface area (Å²) in [5, 5.41) is 0.640. The summed E-state index contributed by atoms with van der Waals surface area (Å²) in [4.78, 5) is 3.92. The summed E-state index contributed by atoms with van der Waals surface area (Å²) >= 11 is 5.97. The van der Waals surface area contributed by atoms with Gasteiger partial charge in [0.1, 0.15) is 0 Å². The molecular weight excluding hydrogens is 196 g/mol. The molecule has 0 bridgehead atoms. The van der Waals surface area contributed by atoms with Crippen LogP contribution in [-0.4, -0.2) is 4.98 Å². The summed E-state index contributed by atoms with van der Waals surface area (Å²) in [6, 6.07) is 1.84. The number of nitrogens with two attached hydrogens (primary N) is 1. The number of allylic oxidation sites excluding steroid dienone is 1. The Bertz CT molecular complexity index is 323. The Morgan fingerprint density at radius 2 is 2.43 bits per heavy atom. The highest BCUT2D eigenvalue weighted by Crippen LogP contribution is 2.23. The number of pyridine rings is 1. The summed E-state index contributed by atoms with van der Waals surface area (Å²) in [5.74, 6) is 0. The molecule has 1 aromatic heterocycles. The Kier molecular flexibility index (Phi) is 4.11. The first kappa shape index (κ1) is 11.2. The number of halogens is 1. The van der Waals surface area contributed by atoms with Gasteiger partial charge in [0.05, 0.1) is 5.02 Å². The number of rotatable bonds is 4. The molecule has 0 aromatic carbocycles. The SMILES string of the molecule is C=C(C)CCC(N)c1ccncc1Cl. The summed E-state index contributed by atoms with van der Waals surface area (Å²) in [5.41, 5.74) is 8.10. The van der Waals surface area contributed by atoms with Crippen LogP contribution in [0.3, 0.4) is 0 Å². The van der Waals surface area contributed by atoms with Gasteiger partial charge in [0.25, 0.3) is 0 Å². The lowest BCUT2D eigenvalue weighted by Gasteiger charge is -2.12. The Morgan fingerprint density at radius 3 is 3.00 bits per heavy atom. The maximum absolute atomic E-state index is 5.99. The molecule has 1 unspecified atom stereocenters. The van der Waals surface area contributed by atoms with Crippen LogP contribution in [0.5, 0.6) is 0 Å². The molecule has 0 spiro atoms. The third-order valence-electron chi connectivity index (χ3n) is 2.09. The Hall–Kier alpha value is -0.860. The molecule has 3 heteroatoms. The largest absolute Gasteiger partial charge is 0.324 e. The lowest BCUT2D eigenvalue weighted by molar-refractivity contribution is 0.648. The van der Waals surface area contributed by atoms with Gasteiger partial charge in [-0.3, -0.25) is 4.98 Å². The van der Waals surface area contributed by atoms with Gasteiger partial charge in [-0.15, -0.1) is 6.58 Å². The van der Waals surface area contributed by atoms with Crippen LogP contribution >= 0.6 is 11.6 Å². The Balaban J connectivity index is 2.65. The predicted molar refractivity (Wildman–Crippen MR) is 60.2 cm³/mol. The second-order valence-corrected chi connectivity index (χ2v) is 3.91. The first-order chi connectivity index (χ1) is 6.61. The number of aromatic nitrogens is 1. The van der Waals surface area contributed by atoms with E-state index in [1.807, 2.05) is 13.0 Å². The first-order valence-electron chi connectivity index (χ1n) is 4.60. The van der Waals surface area contributed by atoms with Gasteiger partial charge in [-0.1, -0.05) is 17.2 Å². The molecule has 0 saturated heterocycles. The van der Waals surface area contributed by atoms with E-state index < -0.39 is 0 Å². The van der Waals surface area contributed by atoms with E-state index in [4.69, 9.17) is 17.3 Å². The van der Waals surface area contributed by atoms with Gasteiger partial charge in [0.2, 0.25) is 0 Å². The van der Waals surface area contributed by atoms with E-state index in [0.29, 0.717) is 5.02 Å². The van der Waals surface area contributed by atoms with Crippen molar-refractivity contribution in [1.29, 1.82) is 0 Å². The van der Waals surface area contributed by atoms with Crippen molar-refractivity contribution in [3.05, 3.63) is 41.2 Å². The molecule has 0 aliphatic rings.